The number of hydrogen-bond donors (Lipinski definition) is 2. The molecule has 0 saturated heterocycles. The average Bonchev–Trinajstić information content (AvgIpc) is 3.15. The first-order valence-electron chi connectivity index (χ1n) is 9.39. The number of carboxylic acids is 1. The summed E-state index contributed by atoms with van der Waals surface area (Å²) < 4.78 is 27.0. The number of hydrogen-bond acceptors (Lipinski definition) is 4. The molecule has 8 heteroatoms. The van der Waals surface area contributed by atoms with Crippen molar-refractivity contribution >= 4 is 33.4 Å². The average molecular weight is 436 g/mol. The molecule has 0 aromatic heterocycles. The van der Waals surface area contributed by atoms with Gasteiger partial charge >= 0.3 is 5.97 Å². The third-order valence-electron chi connectivity index (χ3n) is 5.13. The monoisotopic (exact) mass is 435 g/mol. The van der Waals surface area contributed by atoms with Crippen molar-refractivity contribution in [2.75, 3.05) is 6.54 Å². The van der Waals surface area contributed by atoms with Crippen LogP contribution in [0.5, 0.6) is 0 Å². The second kappa shape index (κ2) is 9.07. The van der Waals surface area contributed by atoms with Crippen molar-refractivity contribution in [3.63, 3.8) is 0 Å². The van der Waals surface area contributed by atoms with E-state index in [0.717, 1.165) is 19.3 Å². The van der Waals surface area contributed by atoms with E-state index in [9.17, 15) is 23.1 Å². The number of rotatable bonds is 9. The van der Waals surface area contributed by atoms with Gasteiger partial charge in [0.25, 0.3) is 0 Å². The second-order valence-corrected chi connectivity index (χ2v) is 9.34. The van der Waals surface area contributed by atoms with Gasteiger partial charge < -0.3 is 5.11 Å². The normalized spacial score (nSPS) is 14.4. The van der Waals surface area contributed by atoms with Crippen molar-refractivity contribution in [1.29, 1.82) is 0 Å². The van der Waals surface area contributed by atoms with E-state index in [1.54, 1.807) is 6.07 Å². The van der Waals surface area contributed by atoms with Gasteiger partial charge in [-0.1, -0.05) is 23.7 Å². The van der Waals surface area contributed by atoms with E-state index in [-0.39, 0.29) is 30.1 Å². The van der Waals surface area contributed by atoms with Crippen LogP contribution < -0.4 is 4.72 Å². The van der Waals surface area contributed by atoms with Gasteiger partial charge in [0, 0.05) is 23.6 Å². The molecule has 0 radical (unpaired) electrons. The van der Waals surface area contributed by atoms with Gasteiger partial charge in [0.1, 0.15) is 0 Å². The van der Waals surface area contributed by atoms with Crippen LogP contribution in [0.25, 0.3) is 0 Å². The fourth-order valence-corrected chi connectivity index (χ4v) is 4.62. The van der Waals surface area contributed by atoms with Crippen molar-refractivity contribution in [3.05, 3.63) is 64.2 Å². The molecule has 0 aliphatic heterocycles. The maximum absolute atomic E-state index is 12.5. The smallest absolute Gasteiger partial charge is 0.307 e. The highest BCUT2D eigenvalue weighted by molar-refractivity contribution is 7.89. The van der Waals surface area contributed by atoms with Crippen LogP contribution in [0.15, 0.2) is 47.4 Å². The largest absolute Gasteiger partial charge is 0.481 e. The van der Waals surface area contributed by atoms with Crippen molar-refractivity contribution < 1.29 is 23.1 Å². The Hall–Kier alpha value is -2.22. The fourth-order valence-electron chi connectivity index (χ4n) is 3.42. The van der Waals surface area contributed by atoms with Gasteiger partial charge in [-0.15, -0.1) is 0 Å². The molecule has 0 saturated carbocycles. The number of aliphatic carboxylic acids is 1. The summed E-state index contributed by atoms with van der Waals surface area (Å²) in [5, 5.41) is 9.82. The molecule has 6 nitrogen and oxygen atoms in total. The minimum atomic E-state index is -3.86. The van der Waals surface area contributed by atoms with Gasteiger partial charge in [-0.25, -0.2) is 13.1 Å². The maximum Gasteiger partial charge on any atom is 0.307 e. The van der Waals surface area contributed by atoms with Crippen LogP contribution in [0.1, 0.15) is 40.7 Å². The van der Waals surface area contributed by atoms with E-state index in [1.165, 1.54) is 35.4 Å². The number of nitrogens with one attached hydrogen (secondary N) is 1. The zero-order valence-corrected chi connectivity index (χ0v) is 17.3. The number of carboxylic acid groups (broad SMARTS) is 1. The van der Waals surface area contributed by atoms with E-state index in [0.29, 0.717) is 10.6 Å². The minimum Gasteiger partial charge on any atom is -0.481 e. The summed E-state index contributed by atoms with van der Waals surface area (Å²) in [5.41, 5.74) is 3.03. The first-order valence-corrected chi connectivity index (χ1v) is 11.3. The molecule has 2 aromatic rings. The molecule has 0 spiro atoms. The van der Waals surface area contributed by atoms with Crippen LogP contribution in [-0.4, -0.2) is 31.8 Å². The van der Waals surface area contributed by atoms with Crippen LogP contribution in [0.3, 0.4) is 0 Å². The summed E-state index contributed by atoms with van der Waals surface area (Å²) in [4.78, 5) is 24.0. The lowest BCUT2D eigenvalue weighted by atomic mass is 9.97. The topological polar surface area (TPSA) is 101 Å². The molecular weight excluding hydrogens is 414 g/mol. The van der Waals surface area contributed by atoms with Crippen LogP contribution >= 0.6 is 11.6 Å². The number of benzene rings is 2. The molecule has 1 unspecified atom stereocenters. The zero-order valence-electron chi connectivity index (χ0n) is 15.7. The summed E-state index contributed by atoms with van der Waals surface area (Å²) in [5.74, 6) is -2.28. The van der Waals surface area contributed by atoms with Gasteiger partial charge in [-0.3, -0.25) is 9.59 Å². The Morgan fingerprint density at radius 1 is 1.07 bits per heavy atom. The second-order valence-electron chi connectivity index (χ2n) is 7.14. The van der Waals surface area contributed by atoms with Crippen LogP contribution in [0.2, 0.25) is 5.02 Å². The van der Waals surface area contributed by atoms with Gasteiger partial charge in [-0.2, -0.15) is 0 Å². The number of halogens is 1. The third-order valence-corrected chi connectivity index (χ3v) is 6.82. The van der Waals surface area contributed by atoms with E-state index in [1.807, 2.05) is 12.1 Å². The molecule has 3 rings (SSSR count). The molecule has 2 N–H and O–H groups in total. The first-order chi connectivity index (χ1) is 13.8. The zero-order chi connectivity index (χ0) is 21.0. The molecule has 0 amide bonds. The number of Topliss-reactive ketones (excluding diaryl/α,β-unsaturated/α-hetero) is 1. The van der Waals surface area contributed by atoms with Crippen molar-refractivity contribution in [3.8, 4) is 0 Å². The highest BCUT2D eigenvalue weighted by atomic mass is 35.5. The third kappa shape index (κ3) is 5.44. The molecule has 1 aliphatic carbocycles. The lowest BCUT2D eigenvalue weighted by Gasteiger charge is -2.14. The summed E-state index contributed by atoms with van der Waals surface area (Å²) in [6, 6.07) is 11.2. The predicted molar refractivity (Wildman–Crippen MR) is 110 cm³/mol. The molecule has 29 heavy (non-hydrogen) atoms. The predicted octanol–water partition coefficient (Wildman–Crippen LogP) is 3.47. The van der Waals surface area contributed by atoms with Gasteiger partial charge in [0.05, 0.1) is 10.8 Å². The molecule has 0 fully saturated rings. The van der Waals surface area contributed by atoms with Gasteiger partial charge in [0.15, 0.2) is 5.78 Å². The molecule has 0 bridgehead atoms. The Bertz CT molecular complexity index is 1020. The lowest BCUT2D eigenvalue weighted by Crippen LogP contribution is -2.33. The number of carbonyl (C=O) groups is 2. The molecular formula is C21H22ClNO5S. The van der Waals surface area contributed by atoms with Crippen LogP contribution in [0.4, 0.5) is 0 Å². The Morgan fingerprint density at radius 2 is 1.76 bits per heavy atom. The van der Waals surface area contributed by atoms with E-state index < -0.39 is 21.9 Å². The van der Waals surface area contributed by atoms with E-state index in [2.05, 4.69) is 4.72 Å². The Morgan fingerprint density at radius 3 is 2.45 bits per heavy atom. The number of sulfonamides is 1. The van der Waals surface area contributed by atoms with Gasteiger partial charge in [0.2, 0.25) is 10.0 Å². The van der Waals surface area contributed by atoms with Gasteiger partial charge in [-0.05, 0) is 67.1 Å². The maximum atomic E-state index is 12.5. The number of fused-ring (bicyclic) bond motifs is 1. The summed E-state index contributed by atoms with van der Waals surface area (Å²) in [7, 11) is -3.86. The highest BCUT2D eigenvalue weighted by Crippen LogP contribution is 2.24. The molecule has 2 aromatic carbocycles. The number of ketones is 1. The summed E-state index contributed by atoms with van der Waals surface area (Å²) in [6.45, 7) is -0.294. The lowest BCUT2D eigenvalue weighted by molar-refractivity contribution is -0.141. The van der Waals surface area contributed by atoms with E-state index in [4.69, 9.17) is 11.6 Å². The van der Waals surface area contributed by atoms with Crippen LogP contribution in [0, 0.1) is 5.92 Å². The van der Waals surface area contributed by atoms with Crippen molar-refractivity contribution in [2.45, 2.75) is 37.0 Å². The molecule has 0 heterocycles. The molecule has 154 valence electrons. The van der Waals surface area contributed by atoms with Crippen LogP contribution in [-0.2, 0) is 27.7 Å². The molecule has 1 aliphatic rings. The summed E-state index contributed by atoms with van der Waals surface area (Å²) >= 11 is 5.76. The molecule has 1 atom stereocenters. The van der Waals surface area contributed by atoms with E-state index >= 15 is 0 Å². The first kappa shape index (κ1) is 21.5. The number of aryl methyl sites for hydroxylation is 2. The Kier molecular flexibility index (Phi) is 6.72. The quantitative estimate of drug-likeness (QED) is 0.587. The SMILES string of the molecule is O=C(CCC(CNS(=O)(=O)c1ccc(Cl)cc1)C(=O)O)c1ccc2c(c1)CCC2. The van der Waals surface area contributed by atoms with Crippen molar-refractivity contribution in [1.82, 2.24) is 4.72 Å². The standard InChI is InChI=1S/C21H22ClNO5S/c22-18-7-9-19(10-8-18)29(27,28)23-13-17(21(25)26)6-11-20(24)16-5-4-14-2-1-3-15(14)12-16/h4-5,7-10,12,17,23H,1-3,6,11,13H2,(H,25,26). The Labute approximate surface area is 174 Å². The minimum absolute atomic E-state index is 0.000237. The fraction of sp³-hybridized carbons (Fsp3) is 0.333. The number of carbonyl (C=O) groups excluding carboxylic acids is 1. The van der Waals surface area contributed by atoms with Crippen molar-refractivity contribution in [2.24, 2.45) is 5.92 Å². The summed E-state index contributed by atoms with van der Waals surface area (Å²) in [6.07, 6.45) is 3.16. The Balaban J connectivity index is 1.59. The highest BCUT2D eigenvalue weighted by Gasteiger charge is 2.23.